The molecule has 0 unspecified atom stereocenters. The average Bonchev–Trinajstić information content (AvgIpc) is 2.17. The highest BCUT2D eigenvalue weighted by Crippen LogP contribution is 2.46. The molecule has 0 aromatic rings. The maximum absolute atomic E-state index is 10.9. The summed E-state index contributed by atoms with van der Waals surface area (Å²) in [5.74, 6) is 0.523. The summed E-state index contributed by atoms with van der Waals surface area (Å²) in [5, 5.41) is 0. The highest BCUT2D eigenvalue weighted by molar-refractivity contribution is 5.68. The van der Waals surface area contributed by atoms with Crippen LogP contribution in [0.3, 0.4) is 0 Å². The van der Waals surface area contributed by atoms with Crippen molar-refractivity contribution in [1.82, 2.24) is 0 Å². The molecule has 1 fully saturated rings. The summed E-state index contributed by atoms with van der Waals surface area (Å²) in [6.07, 6.45) is 10.2. The summed E-state index contributed by atoms with van der Waals surface area (Å²) in [4.78, 5) is 10.9. The van der Waals surface area contributed by atoms with Gasteiger partial charge in [-0.15, -0.1) is 0 Å². The number of rotatable bonds is 1. The van der Waals surface area contributed by atoms with E-state index in [0.29, 0.717) is 5.41 Å². The number of allylic oxidation sites excluding steroid dienone is 3. The van der Waals surface area contributed by atoms with Gasteiger partial charge in [-0.05, 0) is 43.3 Å². The van der Waals surface area contributed by atoms with E-state index in [1.54, 1.807) is 0 Å². The summed E-state index contributed by atoms with van der Waals surface area (Å²) in [5.41, 5.74) is 1.80. The third kappa shape index (κ3) is 2.14. The molecule has 0 amide bonds. The molecular formula is C13H18O2. The molecule has 1 saturated carbocycles. The van der Waals surface area contributed by atoms with Crippen LogP contribution < -0.4 is 0 Å². The SMILES string of the molecule is CC(=O)OC1=CC[C@]2(C)CCCCC2=C1. The molecule has 0 aromatic heterocycles. The Bertz CT molecular complexity index is 338. The number of fused-ring (bicyclic) bond motifs is 1. The van der Waals surface area contributed by atoms with E-state index in [-0.39, 0.29) is 5.97 Å². The Morgan fingerprint density at radius 1 is 1.47 bits per heavy atom. The van der Waals surface area contributed by atoms with Crippen LogP contribution in [0.5, 0.6) is 0 Å². The lowest BCUT2D eigenvalue weighted by Crippen LogP contribution is -2.25. The van der Waals surface area contributed by atoms with Crippen LogP contribution >= 0.6 is 0 Å². The van der Waals surface area contributed by atoms with Crippen LogP contribution in [-0.2, 0) is 9.53 Å². The molecule has 1 atom stereocenters. The minimum absolute atomic E-state index is 0.225. The predicted molar refractivity (Wildman–Crippen MR) is 59.1 cm³/mol. The highest BCUT2D eigenvalue weighted by atomic mass is 16.5. The first-order chi connectivity index (χ1) is 7.10. The lowest BCUT2D eigenvalue weighted by atomic mass is 9.68. The fourth-order valence-corrected chi connectivity index (χ4v) is 2.57. The molecule has 82 valence electrons. The van der Waals surface area contributed by atoms with Crippen molar-refractivity contribution >= 4 is 5.97 Å². The standard InChI is InChI=1S/C13H18O2/c1-10(14)15-12-6-8-13(2)7-4-3-5-11(13)9-12/h6,9H,3-5,7-8H2,1-2H3/t13-/m0/s1. The van der Waals surface area contributed by atoms with Crippen LogP contribution in [0, 0.1) is 5.41 Å². The molecule has 0 radical (unpaired) electrons. The van der Waals surface area contributed by atoms with Gasteiger partial charge in [-0.1, -0.05) is 18.9 Å². The zero-order chi connectivity index (χ0) is 10.9. The van der Waals surface area contributed by atoms with Crippen molar-refractivity contribution in [2.75, 3.05) is 0 Å². The number of carbonyl (C=O) groups is 1. The summed E-state index contributed by atoms with van der Waals surface area (Å²) in [6, 6.07) is 0. The quantitative estimate of drug-likeness (QED) is 0.615. The number of esters is 1. The van der Waals surface area contributed by atoms with Gasteiger partial charge in [-0.25, -0.2) is 0 Å². The molecule has 0 aliphatic heterocycles. The van der Waals surface area contributed by atoms with Gasteiger partial charge in [0, 0.05) is 6.92 Å². The summed E-state index contributed by atoms with van der Waals surface area (Å²) >= 11 is 0. The van der Waals surface area contributed by atoms with Gasteiger partial charge in [-0.3, -0.25) is 4.79 Å². The molecule has 0 bridgehead atoms. The maximum Gasteiger partial charge on any atom is 0.308 e. The van der Waals surface area contributed by atoms with Crippen molar-refractivity contribution in [2.45, 2.75) is 46.0 Å². The van der Waals surface area contributed by atoms with Crippen LogP contribution in [-0.4, -0.2) is 5.97 Å². The third-order valence-corrected chi connectivity index (χ3v) is 3.53. The molecule has 2 rings (SSSR count). The number of carbonyl (C=O) groups excluding carboxylic acids is 1. The van der Waals surface area contributed by atoms with Crippen molar-refractivity contribution in [3.63, 3.8) is 0 Å². The Hall–Kier alpha value is -1.05. The Balaban J connectivity index is 2.16. The molecule has 0 aromatic carbocycles. The second kappa shape index (κ2) is 3.84. The van der Waals surface area contributed by atoms with Crippen LogP contribution in [0.2, 0.25) is 0 Å². The van der Waals surface area contributed by atoms with Gasteiger partial charge in [0.15, 0.2) is 0 Å². The molecule has 2 heteroatoms. The second-order valence-electron chi connectivity index (χ2n) is 4.84. The number of hydrogen-bond acceptors (Lipinski definition) is 2. The van der Waals surface area contributed by atoms with E-state index in [0.717, 1.165) is 18.6 Å². The number of hydrogen-bond donors (Lipinski definition) is 0. The fourth-order valence-electron chi connectivity index (χ4n) is 2.57. The maximum atomic E-state index is 10.9. The Labute approximate surface area is 91.0 Å². The van der Waals surface area contributed by atoms with Crippen LogP contribution in [0.4, 0.5) is 0 Å². The fraction of sp³-hybridized carbons (Fsp3) is 0.615. The van der Waals surface area contributed by atoms with E-state index >= 15 is 0 Å². The summed E-state index contributed by atoms with van der Waals surface area (Å²) in [7, 11) is 0. The molecule has 2 aliphatic rings. The first kappa shape index (κ1) is 10.5. The molecule has 0 N–H and O–H groups in total. The monoisotopic (exact) mass is 206 g/mol. The van der Waals surface area contributed by atoms with Crippen LogP contribution in [0.1, 0.15) is 46.0 Å². The molecule has 2 aliphatic carbocycles. The summed E-state index contributed by atoms with van der Waals surface area (Å²) < 4.78 is 5.13. The van der Waals surface area contributed by atoms with E-state index in [2.05, 4.69) is 19.1 Å². The van der Waals surface area contributed by atoms with Gasteiger partial charge >= 0.3 is 5.97 Å². The minimum Gasteiger partial charge on any atom is -0.427 e. The van der Waals surface area contributed by atoms with Crippen molar-refractivity contribution in [1.29, 1.82) is 0 Å². The van der Waals surface area contributed by atoms with E-state index in [1.165, 1.54) is 31.8 Å². The zero-order valence-electron chi connectivity index (χ0n) is 9.51. The average molecular weight is 206 g/mol. The predicted octanol–water partition coefficient (Wildman–Crippen LogP) is 3.34. The second-order valence-corrected chi connectivity index (χ2v) is 4.84. The van der Waals surface area contributed by atoms with Crippen molar-refractivity contribution in [3.05, 3.63) is 23.5 Å². The van der Waals surface area contributed by atoms with Gasteiger partial charge in [0.2, 0.25) is 0 Å². The van der Waals surface area contributed by atoms with E-state index < -0.39 is 0 Å². The zero-order valence-corrected chi connectivity index (χ0v) is 9.51. The van der Waals surface area contributed by atoms with Crippen molar-refractivity contribution < 1.29 is 9.53 Å². The Morgan fingerprint density at radius 2 is 2.27 bits per heavy atom. The Kier molecular flexibility index (Phi) is 2.68. The Morgan fingerprint density at radius 3 is 3.00 bits per heavy atom. The summed E-state index contributed by atoms with van der Waals surface area (Å²) in [6.45, 7) is 3.77. The topological polar surface area (TPSA) is 26.3 Å². The van der Waals surface area contributed by atoms with Gasteiger partial charge in [0.05, 0.1) is 0 Å². The first-order valence-electron chi connectivity index (χ1n) is 5.70. The van der Waals surface area contributed by atoms with Crippen molar-refractivity contribution in [2.24, 2.45) is 5.41 Å². The molecular weight excluding hydrogens is 188 g/mol. The molecule has 15 heavy (non-hydrogen) atoms. The van der Waals surface area contributed by atoms with E-state index in [9.17, 15) is 4.79 Å². The van der Waals surface area contributed by atoms with Gasteiger partial charge in [0.1, 0.15) is 5.76 Å². The first-order valence-corrected chi connectivity index (χ1v) is 5.70. The third-order valence-electron chi connectivity index (χ3n) is 3.53. The lowest BCUT2D eigenvalue weighted by Gasteiger charge is -2.38. The lowest BCUT2D eigenvalue weighted by molar-refractivity contribution is -0.136. The highest BCUT2D eigenvalue weighted by Gasteiger charge is 2.33. The molecule has 0 heterocycles. The largest absolute Gasteiger partial charge is 0.427 e. The molecule has 0 saturated heterocycles. The van der Waals surface area contributed by atoms with Gasteiger partial charge in [-0.2, -0.15) is 0 Å². The molecule has 0 spiro atoms. The number of ether oxygens (including phenoxy) is 1. The smallest absolute Gasteiger partial charge is 0.308 e. The van der Waals surface area contributed by atoms with Gasteiger partial charge in [0.25, 0.3) is 0 Å². The van der Waals surface area contributed by atoms with Gasteiger partial charge < -0.3 is 4.74 Å². The minimum atomic E-state index is -0.225. The normalized spacial score (nSPS) is 30.0. The van der Waals surface area contributed by atoms with E-state index in [1.807, 2.05) is 0 Å². The van der Waals surface area contributed by atoms with E-state index in [4.69, 9.17) is 4.74 Å². The van der Waals surface area contributed by atoms with Crippen LogP contribution in [0.15, 0.2) is 23.5 Å². The van der Waals surface area contributed by atoms with Crippen LogP contribution in [0.25, 0.3) is 0 Å². The van der Waals surface area contributed by atoms with Crippen molar-refractivity contribution in [3.8, 4) is 0 Å². The molecule has 2 nitrogen and oxygen atoms in total.